The average molecular weight is 621 g/mol. The molecule has 0 atom stereocenters. The number of benzene rings is 4. The highest BCUT2D eigenvalue weighted by molar-refractivity contribution is 9.10. The Morgan fingerprint density at radius 2 is 1.52 bits per heavy atom. The van der Waals surface area contributed by atoms with Crippen LogP contribution in [0.4, 0.5) is 11.4 Å². The Hall–Kier alpha value is -3.17. The van der Waals surface area contributed by atoms with E-state index in [4.69, 9.17) is 0 Å². The minimum Gasteiger partial charge on any atom is -0.344 e. The lowest BCUT2D eigenvalue weighted by molar-refractivity contribution is -0.438. The molecule has 0 bridgehead atoms. The summed E-state index contributed by atoms with van der Waals surface area (Å²) in [6.45, 7) is 16.3. The predicted octanol–water partition coefficient (Wildman–Crippen LogP) is 11.0. The first-order chi connectivity index (χ1) is 20.2. The van der Waals surface area contributed by atoms with Gasteiger partial charge in [0.05, 0.1) is 5.41 Å². The minimum absolute atomic E-state index is 0.0847. The first-order valence-electron chi connectivity index (χ1n) is 15.8. The van der Waals surface area contributed by atoms with E-state index in [0.717, 1.165) is 17.6 Å². The standard InChI is InChI=1S/C39H44BrN2/c1-7-9-24-41-32-22-18-27-14-11-12-15-30(27)36(32)38(3,4)34(41)16-13-17-35-39(5,6)37-31-21-20-29(40)26-28(31)19-23-33(37)42(35)25-10-8-2/h11-23,26H,7-10,24-25H2,1-6H3/q+1. The average Bonchev–Trinajstić information content (AvgIpc) is 3.33. The van der Waals surface area contributed by atoms with Crippen molar-refractivity contribution in [3.63, 3.8) is 0 Å². The van der Waals surface area contributed by atoms with Crippen molar-refractivity contribution in [3.05, 3.63) is 106 Å². The minimum atomic E-state index is -0.0995. The van der Waals surface area contributed by atoms with E-state index in [1.807, 2.05) is 0 Å². The molecule has 0 unspecified atom stereocenters. The highest BCUT2D eigenvalue weighted by atomic mass is 79.9. The topological polar surface area (TPSA) is 6.25 Å². The monoisotopic (exact) mass is 619 g/mol. The number of fused-ring (bicyclic) bond motifs is 6. The van der Waals surface area contributed by atoms with Gasteiger partial charge in [-0.2, -0.15) is 4.58 Å². The number of unbranched alkanes of at least 4 members (excludes halogenated alkanes) is 2. The van der Waals surface area contributed by atoms with Crippen molar-refractivity contribution in [3.8, 4) is 0 Å². The molecule has 3 heteroatoms. The Labute approximate surface area is 260 Å². The Balaban J connectivity index is 1.46. The van der Waals surface area contributed by atoms with Crippen LogP contribution in [0.3, 0.4) is 0 Å². The molecule has 2 aliphatic rings. The van der Waals surface area contributed by atoms with Crippen LogP contribution in [0.2, 0.25) is 0 Å². The molecule has 2 aliphatic heterocycles. The summed E-state index contributed by atoms with van der Waals surface area (Å²) in [5.41, 5.74) is 8.23. The summed E-state index contributed by atoms with van der Waals surface area (Å²) in [6.07, 6.45) is 11.9. The van der Waals surface area contributed by atoms with Gasteiger partial charge in [0.2, 0.25) is 5.69 Å². The fourth-order valence-corrected chi connectivity index (χ4v) is 7.82. The zero-order valence-electron chi connectivity index (χ0n) is 26.1. The molecule has 0 spiro atoms. The second-order valence-electron chi connectivity index (χ2n) is 13.1. The van der Waals surface area contributed by atoms with Gasteiger partial charge in [0.1, 0.15) is 6.54 Å². The zero-order valence-corrected chi connectivity index (χ0v) is 27.7. The summed E-state index contributed by atoms with van der Waals surface area (Å²) < 4.78 is 3.72. The fraction of sp³-hybridized carbons (Fsp3) is 0.359. The van der Waals surface area contributed by atoms with Gasteiger partial charge in [0.25, 0.3) is 0 Å². The van der Waals surface area contributed by atoms with Crippen LogP contribution in [-0.4, -0.2) is 23.4 Å². The first kappa shape index (κ1) is 28.9. The molecular formula is C39H44BrN2+. The third kappa shape index (κ3) is 4.65. The van der Waals surface area contributed by atoms with E-state index in [9.17, 15) is 0 Å². The van der Waals surface area contributed by atoms with Crippen molar-refractivity contribution in [2.75, 3.05) is 18.0 Å². The molecule has 4 aromatic rings. The van der Waals surface area contributed by atoms with Gasteiger partial charge in [-0.25, -0.2) is 0 Å². The Morgan fingerprint density at radius 3 is 2.31 bits per heavy atom. The zero-order chi connectivity index (χ0) is 29.6. The molecule has 0 saturated heterocycles. The maximum atomic E-state index is 3.68. The van der Waals surface area contributed by atoms with Crippen molar-refractivity contribution in [2.24, 2.45) is 0 Å². The predicted molar refractivity (Wildman–Crippen MR) is 186 cm³/mol. The van der Waals surface area contributed by atoms with Gasteiger partial charge >= 0.3 is 0 Å². The largest absolute Gasteiger partial charge is 0.344 e. The van der Waals surface area contributed by atoms with Crippen LogP contribution in [0.5, 0.6) is 0 Å². The molecule has 6 rings (SSSR count). The maximum absolute atomic E-state index is 3.68. The van der Waals surface area contributed by atoms with Crippen LogP contribution in [0.25, 0.3) is 21.5 Å². The molecule has 216 valence electrons. The molecule has 0 aliphatic carbocycles. The molecule has 0 fully saturated rings. The van der Waals surface area contributed by atoms with E-state index in [-0.39, 0.29) is 10.8 Å². The third-order valence-electron chi connectivity index (χ3n) is 9.54. The molecule has 0 aromatic heterocycles. The van der Waals surface area contributed by atoms with Crippen LogP contribution in [0, 0.1) is 0 Å². The molecule has 2 heterocycles. The van der Waals surface area contributed by atoms with Gasteiger partial charge in [0, 0.05) is 51.9 Å². The van der Waals surface area contributed by atoms with Crippen LogP contribution in [0.15, 0.2) is 95.1 Å². The van der Waals surface area contributed by atoms with Gasteiger partial charge in [-0.1, -0.05) is 98.9 Å². The van der Waals surface area contributed by atoms with Crippen LogP contribution >= 0.6 is 15.9 Å². The molecule has 0 N–H and O–H groups in total. The van der Waals surface area contributed by atoms with E-state index in [1.54, 1.807) is 0 Å². The van der Waals surface area contributed by atoms with E-state index in [0.29, 0.717) is 0 Å². The van der Waals surface area contributed by atoms with E-state index in [1.165, 1.54) is 81.1 Å². The van der Waals surface area contributed by atoms with Crippen molar-refractivity contribution in [1.29, 1.82) is 0 Å². The van der Waals surface area contributed by atoms with Crippen molar-refractivity contribution in [2.45, 2.75) is 78.1 Å². The summed E-state index contributed by atoms with van der Waals surface area (Å²) >= 11 is 3.68. The number of halogens is 1. The van der Waals surface area contributed by atoms with Crippen molar-refractivity contribution >= 4 is 54.6 Å². The van der Waals surface area contributed by atoms with Gasteiger partial charge in [-0.05, 0) is 77.7 Å². The van der Waals surface area contributed by atoms with Crippen LogP contribution in [0.1, 0.15) is 78.4 Å². The second kappa shape index (κ2) is 11.2. The summed E-state index contributed by atoms with van der Waals surface area (Å²) in [6, 6.07) is 24.9. The summed E-state index contributed by atoms with van der Waals surface area (Å²) in [4.78, 5) is 2.59. The second-order valence-corrected chi connectivity index (χ2v) is 14.0. The third-order valence-corrected chi connectivity index (χ3v) is 10.0. The Kier molecular flexibility index (Phi) is 7.68. The van der Waals surface area contributed by atoms with Crippen LogP contribution in [-0.2, 0) is 10.8 Å². The van der Waals surface area contributed by atoms with Gasteiger partial charge in [0.15, 0.2) is 5.71 Å². The van der Waals surface area contributed by atoms with Gasteiger partial charge in [-0.3, -0.25) is 0 Å². The molecule has 4 aromatic carbocycles. The summed E-state index contributed by atoms with van der Waals surface area (Å²) in [5.74, 6) is 0. The molecule has 0 radical (unpaired) electrons. The summed E-state index contributed by atoms with van der Waals surface area (Å²) in [5, 5.41) is 5.35. The number of allylic oxidation sites excluding steroid dienone is 4. The SMILES string of the molecule is CCCCN1C(=CC=CC2=[N+](CCCC)c3ccc4ccccc4c3C2(C)C)C(C)(C)c2c1ccc1cc(Br)ccc21. The van der Waals surface area contributed by atoms with Crippen molar-refractivity contribution in [1.82, 2.24) is 0 Å². The van der Waals surface area contributed by atoms with E-state index in [2.05, 4.69) is 152 Å². The number of hydrogen-bond donors (Lipinski definition) is 0. The Morgan fingerprint density at radius 1 is 0.786 bits per heavy atom. The van der Waals surface area contributed by atoms with E-state index < -0.39 is 0 Å². The maximum Gasteiger partial charge on any atom is 0.210 e. The molecule has 2 nitrogen and oxygen atoms in total. The number of nitrogens with zero attached hydrogens (tertiary/aromatic N) is 2. The first-order valence-corrected chi connectivity index (χ1v) is 16.6. The number of hydrogen-bond acceptors (Lipinski definition) is 1. The summed E-state index contributed by atoms with van der Waals surface area (Å²) in [7, 11) is 0. The molecule has 0 saturated carbocycles. The smallest absolute Gasteiger partial charge is 0.210 e. The quantitative estimate of drug-likeness (QED) is 0.178. The van der Waals surface area contributed by atoms with Gasteiger partial charge < -0.3 is 4.90 Å². The van der Waals surface area contributed by atoms with Gasteiger partial charge in [-0.15, -0.1) is 0 Å². The highest BCUT2D eigenvalue weighted by Crippen LogP contribution is 2.51. The number of anilines is 1. The van der Waals surface area contributed by atoms with Crippen molar-refractivity contribution < 1.29 is 4.58 Å². The lowest BCUT2D eigenvalue weighted by Crippen LogP contribution is -2.28. The fourth-order valence-electron chi connectivity index (χ4n) is 7.44. The molecule has 0 amide bonds. The normalized spacial score (nSPS) is 18.2. The molecular weight excluding hydrogens is 576 g/mol. The van der Waals surface area contributed by atoms with E-state index >= 15 is 0 Å². The lowest BCUT2D eigenvalue weighted by Gasteiger charge is -2.27. The highest BCUT2D eigenvalue weighted by Gasteiger charge is 2.45. The molecule has 42 heavy (non-hydrogen) atoms. The van der Waals surface area contributed by atoms with Crippen LogP contribution < -0.4 is 4.90 Å². The number of rotatable bonds is 8. The lowest BCUT2D eigenvalue weighted by atomic mass is 9.79. The Bertz CT molecular complexity index is 1770.